The molecule has 0 aromatic heterocycles. The predicted octanol–water partition coefficient (Wildman–Crippen LogP) is -0.0380. The van der Waals surface area contributed by atoms with Crippen molar-refractivity contribution in [3.63, 3.8) is 0 Å². The Balaban J connectivity index is 1.52. The van der Waals surface area contributed by atoms with Crippen LogP contribution in [-0.2, 0) is 15.0 Å². The van der Waals surface area contributed by atoms with Gasteiger partial charge in [-0.15, -0.1) is 0 Å². The highest BCUT2D eigenvalue weighted by Crippen LogP contribution is 2.17. The van der Waals surface area contributed by atoms with E-state index in [9.17, 15) is 13.2 Å². The highest BCUT2D eigenvalue weighted by Gasteiger charge is 2.35. The molecule has 2 fully saturated rings. The van der Waals surface area contributed by atoms with Crippen LogP contribution in [0.4, 0.5) is 0 Å². The lowest BCUT2D eigenvalue weighted by atomic mass is 10.2. The molecule has 158 valence electrons. The van der Waals surface area contributed by atoms with Crippen molar-refractivity contribution in [2.75, 3.05) is 59.4 Å². The van der Waals surface area contributed by atoms with Crippen molar-refractivity contribution >= 4 is 16.1 Å². The summed E-state index contributed by atoms with van der Waals surface area (Å²) < 4.78 is 34.3. The molecule has 0 spiro atoms. The predicted molar refractivity (Wildman–Crippen MR) is 107 cm³/mol. The first-order chi connectivity index (χ1) is 13.8. The molecule has 1 atom stereocenters. The molecule has 2 heterocycles. The quantitative estimate of drug-likeness (QED) is 0.662. The Labute approximate surface area is 172 Å². The average molecular weight is 422 g/mol. The Morgan fingerprint density at radius 2 is 1.52 bits per heavy atom. The van der Waals surface area contributed by atoms with Crippen molar-refractivity contribution in [2.24, 2.45) is 0 Å². The van der Waals surface area contributed by atoms with E-state index in [0.29, 0.717) is 37.5 Å². The van der Waals surface area contributed by atoms with Crippen LogP contribution < -0.4 is 4.74 Å². The van der Waals surface area contributed by atoms with Gasteiger partial charge in [0.25, 0.3) is 16.1 Å². The van der Waals surface area contributed by atoms with E-state index in [1.807, 2.05) is 13.1 Å². The third-order valence-corrected chi connectivity index (χ3v) is 7.34. The van der Waals surface area contributed by atoms with Gasteiger partial charge in [0.1, 0.15) is 5.75 Å². The molecule has 2 saturated heterocycles. The second-order valence-corrected chi connectivity index (χ2v) is 9.26. The summed E-state index contributed by atoms with van der Waals surface area (Å²) in [5.41, 5.74) is 0.522. The number of benzene rings is 1. The van der Waals surface area contributed by atoms with Crippen molar-refractivity contribution in [1.82, 2.24) is 18.4 Å². The van der Waals surface area contributed by atoms with Gasteiger partial charge < -0.3 is 14.5 Å². The van der Waals surface area contributed by atoms with Crippen LogP contribution in [-0.4, -0.2) is 98.2 Å². The SMILES string of the molecule is C[C@@H](Oc1ccc(C#N)cc1)C(=O)N1CCN(S(=O)(=O)N2CCN(C)CC2)CC1. The Hall–Kier alpha value is -2.19. The highest BCUT2D eigenvalue weighted by molar-refractivity contribution is 7.86. The minimum atomic E-state index is -3.49. The molecular weight excluding hydrogens is 394 g/mol. The van der Waals surface area contributed by atoms with Crippen molar-refractivity contribution in [1.29, 1.82) is 5.26 Å². The van der Waals surface area contributed by atoms with Gasteiger partial charge in [-0.2, -0.15) is 22.3 Å². The lowest BCUT2D eigenvalue weighted by molar-refractivity contribution is -0.139. The number of carbonyl (C=O) groups excluding carboxylic acids is 1. The summed E-state index contributed by atoms with van der Waals surface area (Å²) >= 11 is 0. The van der Waals surface area contributed by atoms with Gasteiger partial charge in [0.05, 0.1) is 11.6 Å². The summed E-state index contributed by atoms with van der Waals surface area (Å²) in [5, 5.41) is 8.84. The fourth-order valence-electron chi connectivity index (χ4n) is 3.44. The van der Waals surface area contributed by atoms with Crippen molar-refractivity contribution < 1.29 is 17.9 Å². The third-order valence-electron chi connectivity index (χ3n) is 5.31. The summed E-state index contributed by atoms with van der Waals surface area (Å²) in [5.74, 6) is 0.340. The Kier molecular flexibility index (Phi) is 6.74. The zero-order valence-electron chi connectivity index (χ0n) is 16.8. The average Bonchev–Trinajstić information content (AvgIpc) is 2.74. The number of rotatable bonds is 5. The van der Waals surface area contributed by atoms with E-state index >= 15 is 0 Å². The molecular formula is C19H27N5O4S. The smallest absolute Gasteiger partial charge is 0.282 e. The lowest BCUT2D eigenvalue weighted by Crippen LogP contribution is -2.58. The van der Waals surface area contributed by atoms with Crippen molar-refractivity contribution in [3.05, 3.63) is 29.8 Å². The standard InChI is InChI=1S/C19H27N5O4S/c1-16(28-18-5-3-17(15-20)4-6-18)19(25)22-9-13-24(14-10-22)29(26,27)23-11-7-21(2)8-12-23/h3-6,16H,7-14H2,1-2H3/t16-/m1/s1. The minimum Gasteiger partial charge on any atom is -0.481 e. The number of nitrogens with zero attached hydrogens (tertiary/aromatic N) is 5. The normalized spacial score (nSPS) is 20.8. The van der Waals surface area contributed by atoms with E-state index in [1.54, 1.807) is 36.1 Å². The van der Waals surface area contributed by atoms with Gasteiger partial charge in [-0.3, -0.25) is 4.79 Å². The van der Waals surface area contributed by atoms with E-state index in [4.69, 9.17) is 10.00 Å². The number of nitriles is 1. The highest BCUT2D eigenvalue weighted by atomic mass is 32.2. The number of hydrogen-bond donors (Lipinski definition) is 0. The van der Waals surface area contributed by atoms with Crippen LogP contribution in [0.5, 0.6) is 5.75 Å². The monoisotopic (exact) mass is 421 g/mol. The number of hydrogen-bond acceptors (Lipinski definition) is 6. The summed E-state index contributed by atoms with van der Waals surface area (Å²) in [6, 6.07) is 8.61. The van der Waals surface area contributed by atoms with Crippen molar-refractivity contribution in [2.45, 2.75) is 13.0 Å². The first-order valence-corrected chi connectivity index (χ1v) is 11.1. The van der Waals surface area contributed by atoms with E-state index in [1.165, 1.54) is 8.61 Å². The number of ether oxygens (including phenoxy) is 1. The molecule has 10 heteroatoms. The van der Waals surface area contributed by atoms with Crippen LogP contribution in [0.25, 0.3) is 0 Å². The number of amides is 1. The van der Waals surface area contributed by atoms with Crippen LogP contribution in [0, 0.1) is 11.3 Å². The molecule has 29 heavy (non-hydrogen) atoms. The molecule has 0 saturated carbocycles. The Morgan fingerprint density at radius 3 is 2.03 bits per heavy atom. The molecule has 3 rings (SSSR count). The molecule has 0 N–H and O–H groups in total. The number of piperazine rings is 2. The van der Waals surface area contributed by atoms with E-state index < -0.39 is 16.3 Å². The molecule has 1 aromatic carbocycles. The molecule has 2 aliphatic rings. The summed E-state index contributed by atoms with van der Waals surface area (Å²) in [6.07, 6.45) is -0.691. The number of likely N-dealkylation sites (N-methyl/N-ethyl adjacent to an activating group) is 1. The molecule has 0 aliphatic carbocycles. The van der Waals surface area contributed by atoms with Crippen molar-refractivity contribution in [3.8, 4) is 11.8 Å². The topological polar surface area (TPSA) is 97.2 Å². The minimum absolute atomic E-state index is 0.175. The van der Waals surface area contributed by atoms with Crippen LogP contribution in [0.2, 0.25) is 0 Å². The second-order valence-electron chi connectivity index (χ2n) is 7.33. The molecule has 9 nitrogen and oxygen atoms in total. The van der Waals surface area contributed by atoms with Gasteiger partial charge in [-0.25, -0.2) is 0 Å². The van der Waals surface area contributed by atoms with Crippen LogP contribution >= 0.6 is 0 Å². The summed E-state index contributed by atoms with van der Waals surface area (Å²) in [6.45, 7) is 5.35. The largest absolute Gasteiger partial charge is 0.481 e. The first kappa shape index (κ1) is 21.5. The molecule has 1 aromatic rings. The fourth-order valence-corrected chi connectivity index (χ4v) is 5.02. The second kappa shape index (κ2) is 9.09. The van der Waals surface area contributed by atoms with Crippen LogP contribution in [0.15, 0.2) is 24.3 Å². The molecule has 0 unspecified atom stereocenters. The van der Waals surface area contributed by atoms with Crippen LogP contribution in [0.1, 0.15) is 12.5 Å². The Morgan fingerprint density at radius 1 is 1.00 bits per heavy atom. The van der Waals surface area contributed by atoms with Gasteiger partial charge in [0.2, 0.25) is 0 Å². The van der Waals surface area contributed by atoms with E-state index in [-0.39, 0.29) is 19.0 Å². The summed E-state index contributed by atoms with van der Waals surface area (Å²) in [4.78, 5) is 16.4. The first-order valence-electron chi connectivity index (χ1n) is 9.70. The zero-order valence-corrected chi connectivity index (χ0v) is 17.6. The maximum atomic E-state index is 12.8. The van der Waals surface area contributed by atoms with E-state index in [2.05, 4.69) is 4.90 Å². The fraction of sp³-hybridized carbons (Fsp3) is 0.579. The Bertz CT molecular complexity index is 852. The van der Waals surface area contributed by atoms with Crippen LogP contribution in [0.3, 0.4) is 0 Å². The molecule has 0 radical (unpaired) electrons. The number of carbonyl (C=O) groups is 1. The maximum Gasteiger partial charge on any atom is 0.282 e. The molecule has 1 amide bonds. The van der Waals surface area contributed by atoms with Gasteiger partial charge in [-0.1, -0.05) is 0 Å². The zero-order chi connectivity index (χ0) is 21.0. The molecule has 2 aliphatic heterocycles. The summed E-state index contributed by atoms with van der Waals surface area (Å²) in [7, 11) is -1.51. The van der Waals surface area contributed by atoms with Gasteiger partial charge >= 0.3 is 0 Å². The maximum absolute atomic E-state index is 12.8. The van der Waals surface area contributed by atoms with Gasteiger partial charge in [0.15, 0.2) is 6.10 Å². The molecule has 0 bridgehead atoms. The van der Waals surface area contributed by atoms with E-state index in [0.717, 1.165) is 13.1 Å². The lowest BCUT2D eigenvalue weighted by Gasteiger charge is -2.39. The van der Waals surface area contributed by atoms with Gasteiger partial charge in [-0.05, 0) is 38.2 Å². The van der Waals surface area contributed by atoms with Gasteiger partial charge in [0, 0.05) is 52.4 Å². The third kappa shape index (κ3) is 5.05.